The van der Waals surface area contributed by atoms with Crippen LogP contribution in [0.25, 0.3) is 22.1 Å². The maximum Gasteiger partial charge on any atom is 0.180 e. The molecule has 0 aliphatic carbocycles. The lowest BCUT2D eigenvalue weighted by atomic mass is 10.3. The molecule has 0 aliphatic rings. The van der Waals surface area contributed by atoms with Crippen molar-refractivity contribution in [3.05, 3.63) is 34.1 Å². The van der Waals surface area contributed by atoms with Crippen LogP contribution in [-0.2, 0) is 0 Å². The Labute approximate surface area is 116 Å². The number of thiazole rings is 2. The smallest absolute Gasteiger partial charge is 0.180 e. The number of nitrogens with two attached hydrogens (primary N) is 1. The Kier molecular flexibility index (Phi) is 2.99. The molecule has 0 aliphatic heterocycles. The van der Waals surface area contributed by atoms with Gasteiger partial charge in [0.05, 0.1) is 5.69 Å². The number of pyridine rings is 1. The highest BCUT2D eigenvalue weighted by molar-refractivity contribution is 7.15. The molecule has 0 bridgehead atoms. The second-order valence-electron chi connectivity index (χ2n) is 3.47. The molecular weight excluding hydrogens is 288 g/mol. The van der Waals surface area contributed by atoms with Gasteiger partial charge in [0.2, 0.25) is 0 Å². The third kappa shape index (κ3) is 2.22. The van der Waals surface area contributed by atoms with E-state index in [0.717, 1.165) is 22.1 Å². The summed E-state index contributed by atoms with van der Waals surface area (Å²) in [5, 5.41) is 5.85. The second-order valence-corrected chi connectivity index (χ2v) is 5.65. The van der Waals surface area contributed by atoms with Crippen LogP contribution in [0.1, 0.15) is 0 Å². The molecule has 0 fully saturated rings. The summed E-state index contributed by atoms with van der Waals surface area (Å²) in [5.74, 6) is 0. The summed E-state index contributed by atoms with van der Waals surface area (Å²) in [7, 11) is 0. The average molecular weight is 295 g/mol. The lowest BCUT2D eigenvalue weighted by Crippen LogP contribution is -1.84. The molecule has 0 aromatic carbocycles. The molecule has 90 valence electrons. The van der Waals surface area contributed by atoms with Crippen molar-refractivity contribution < 1.29 is 0 Å². The largest absolute Gasteiger partial charge is 0.375 e. The highest BCUT2D eigenvalue weighted by atomic mass is 35.5. The Morgan fingerprint density at radius 1 is 1.06 bits per heavy atom. The van der Waals surface area contributed by atoms with Crippen molar-refractivity contribution in [2.45, 2.75) is 0 Å². The summed E-state index contributed by atoms with van der Waals surface area (Å²) in [6.45, 7) is 0. The number of anilines is 1. The van der Waals surface area contributed by atoms with Crippen molar-refractivity contribution in [2.75, 3.05) is 5.73 Å². The van der Waals surface area contributed by atoms with E-state index in [0.29, 0.717) is 10.2 Å². The van der Waals surface area contributed by atoms with E-state index >= 15 is 0 Å². The SMILES string of the molecule is Nc1nc(-c2nc(-c3cc(Cl)ccn3)cs2)cs1. The normalized spacial score (nSPS) is 10.7. The summed E-state index contributed by atoms with van der Waals surface area (Å²) >= 11 is 8.84. The Hall–Kier alpha value is -1.50. The van der Waals surface area contributed by atoms with Crippen LogP contribution in [0.15, 0.2) is 29.1 Å². The first-order chi connectivity index (χ1) is 8.72. The Bertz CT molecular complexity index is 692. The Morgan fingerprint density at radius 2 is 1.89 bits per heavy atom. The van der Waals surface area contributed by atoms with Gasteiger partial charge in [-0.1, -0.05) is 11.6 Å². The van der Waals surface area contributed by atoms with Gasteiger partial charge in [-0.2, -0.15) is 0 Å². The molecule has 7 heteroatoms. The molecule has 0 amide bonds. The van der Waals surface area contributed by atoms with Crippen LogP contribution in [0.5, 0.6) is 0 Å². The Balaban J connectivity index is 1.99. The van der Waals surface area contributed by atoms with Crippen molar-refractivity contribution in [3.63, 3.8) is 0 Å². The van der Waals surface area contributed by atoms with E-state index in [1.165, 1.54) is 22.7 Å². The molecule has 0 unspecified atom stereocenters. The fraction of sp³-hybridized carbons (Fsp3) is 0. The van der Waals surface area contributed by atoms with E-state index in [-0.39, 0.29) is 0 Å². The number of halogens is 1. The van der Waals surface area contributed by atoms with Crippen LogP contribution in [0.4, 0.5) is 5.13 Å². The van der Waals surface area contributed by atoms with E-state index in [1.54, 1.807) is 18.3 Å². The van der Waals surface area contributed by atoms with Crippen molar-refractivity contribution in [1.29, 1.82) is 0 Å². The van der Waals surface area contributed by atoms with Gasteiger partial charge in [0, 0.05) is 22.0 Å². The van der Waals surface area contributed by atoms with Gasteiger partial charge in [0.1, 0.15) is 16.4 Å². The standard InChI is InChI=1S/C11H7ClN4S2/c12-6-1-2-14-7(3-6)8-4-17-10(15-8)9-5-18-11(13)16-9/h1-5H,(H2,13,16). The first kappa shape index (κ1) is 11.6. The maximum atomic E-state index is 5.93. The topological polar surface area (TPSA) is 64.7 Å². The van der Waals surface area contributed by atoms with Crippen LogP contribution in [0.3, 0.4) is 0 Å². The molecule has 18 heavy (non-hydrogen) atoms. The van der Waals surface area contributed by atoms with Crippen LogP contribution in [0.2, 0.25) is 5.02 Å². The fourth-order valence-corrected chi connectivity index (χ4v) is 2.99. The summed E-state index contributed by atoms with van der Waals surface area (Å²) in [4.78, 5) is 12.9. The third-order valence-electron chi connectivity index (χ3n) is 2.23. The first-order valence-corrected chi connectivity index (χ1v) is 7.15. The number of rotatable bonds is 2. The van der Waals surface area contributed by atoms with Gasteiger partial charge in [0.15, 0.2) is 5.13 Å². The predicted octanol–water partition coefficient (Wildman–Crippen LogP) is 3.56. The number of aromatic nitrogens is 3. The van der Waals surface area contributed by atoms with Gasteiger partial charge in [-0.15, -0.1) is 22.7 Å². The van der Waals surface area contributed by atoms with Gasteiger partial charge in [-0.3, -0.25) is 4.98 Å². The molecule has 3 aromatic heterocycles. The van der Waals surface area contributed by atoms with Crippen molar-refractivity contribution in [3.8, 4) is 22.1 Å². The van der Waals surface area contributed by atoms with Crippen LogP contribution < -0.4 is 5.73 Å². The summed E-state index contributed by atoms with van der Waals surface area (Å²) in [5.41, 5.74) is 7.96. The minimum absolute atomic E-state index is 0.544. The van der Waals surface area contributed by atoms with E-state index in [1.807, 2.05) is 10.8 Å². The quantitative estimate of drug-likeness (QED) is 0.785. The fourth-order valence-electron chi connectivity index (χ4n) is 1.44. The molecule has 0 saturated heterocycles. The average Bonchev–Trinajstić information content (AvgIpc) is 2.97. The maximum absolute atomic E-state index is 5.93. The lowest BCUT2D eigenvalue weighted by molar-refractivity contribution is 1.27. The molecule has 2 N–H and O–H groups in total. The van der Waals surface area contributed by atoms with Gasteiger partial charge < -0.3 is 5.73 Å². The number of nitrogen functional groups attached to an aromatic ring is 1. The molecule has 0 radical (unpaired) electrons. The molecule has 0 saturated carbocycles. The minimum Gasteiger partial charge on any atom is -0.375 e. The highest BCUT2D eigenvalue weighted by Gasteiger charge is 2.10. The van der Waals surface area contributed by atoms with Gasteiger partial charge in [-0.05, 0) is 12.1 Å². The van der Waals surface area contributed by atoms with E-state index in [2.05, 4.69) is 15.0 Å². The van der Waals surface area contributed by atoms with E-state index in [4.69, 9.17) is 17.3 Å². The van der Waals surface area contributed by atoms with E-state index in [9.17, 15) is 0 Å². The summed E-state index contributed by atoms with van der Waals surface area (Å²) in [6, 6.07) is 3.52. The molecule has 0 atom stereocenters. The Morgan fingerprint density at radius 3 is 2.61 bits per heavy atom. The van der Waals surface area contributed by atoms with Crippen molar-refractivity contribution in [2.24, 2.45) is 0 Å². The highest BCUT2D eigenvalue weighted by Crippen LogP contribution is 2.30. The van der Waals surface area contributed by atoms with E-state index < -0.39 is 0 Å². The van der Waals surface area contributed by atoms with Gasteiger partial charge >= 0.3 is 0 Å². The number of nitrogens with zero attached hydrogens (tertiary/aromatic N) is 3. The van der Waals surface area contributed by atoms with Gasteiger partial charge in [-0.25, -0.2) is 9.97 Å². The minimum atomic E-state index is 0.544. The molecule has 3 aromatic rings. The second kappa shape index (κ2) is 4.64. The zero-order valence-corrected chi connectivity index (χ0v) is 11.4. The molecule has 3 heterocycles. The molecule has 4 nitrogen and oxygen atoms in total. The predicted molar refractivity (Wildman–Crippen MR) is 75.9 cm³/mol. The number of hydrogen-bond donors (Lipinski definition) is 1. The van der Waals surface area contributed by atoms with Crippen LogP contribution >= 0.6 is 34.3 Å². The van der Waals surface area contributed by atoms with Gasteiger partial charge in [0.25, 0.3) is 0 Å². The molecule has 0 spiro atoms. The van der Waals surface area contributed by atoms with Crippen molar-refractivity contribution >= 4 is 39.4 Å². The first-order valence-electron chi connectivity index (χ1n) is 5.01. The zero-order chi connectivity index (χ0) is 12.5. The number of hydrogen-bond acceptors (Lipinski definition) is 6. The molecular formula is C11H7ClN4S2. The van der Waals surface area contributed by atoms with Crippen LogP contribution in [0, 0.1) is 0 Å². The monoisotopic (exact) mass is 294 g/mol. The van der Waals surface area contributed by atoms with Crippen molar-refractivity contribution in [1.82, 2.24) is 15.0 Å². The zero-order valence-electron chi connectivity index (χ0n) is 9.00. The van der Waals surface area contributed by atoms with Crippen LogP contribution in [-0.4, -0.2) is 15.0 Å². The third-order valence-corrected chi connectivity index (χ3v) is 4.00. The lowest BCUT2D eigenvalue weighted by Gasteiger charge is -1.95. The summed E-state index contributed by atoms with van der Waals surface area (Å²) < 4.78 is 0. The summed E-state index contributed by atoms with van der Waals surface area (Å²) in [6.07, 6.45) is 1.66. The molecule has 3 rings (SSSR count).